The molecule has 0 radical (unpaired) electrons. The van der Waals surface area contributed by atoms with Crippen molar-refractivity contribution in [3.8, 4) is 0 Å². The van der Waals surface area contributed by atoms with Gasteiger partial charge in [-0.05, 0) is 25.5 Å². The molecule has 114 valence electrons. The minimum Gasteiger partial charge on any atom is -0.350 e. The number of hydrogen-bond acceptors (Lipinski definition) is 4. The van der Waals surface area contributed by atoms with Crippen LogP contribution in [-0.2, 0) is 0 Å². The summed E-state index contributed by atoms with van der Waals surface area (Å²) in [4.78, 5) is 21.5. The van der Waals surface area contributed by atoms with Crippen LogP contribution in [0.15, 0.2) is 12.1 Å². The minimum absolute atomic E-state index is 0.0486. The molecule has 1 atom stereocenters. The summed E-state index contributed by atoms with van der Waals surface area (Å²) in [5.74, 6) is -3.55. The summed E-state index contributed by atoms with van der Waals surface area (Å²) >= 11 is 0. The van der Waals surface area contributed by atoms with Gasteiger partial charge in [0.25, 0.3) is 5.91 Å². The zero-order chi connectivity index (χ0) is 15.4. The Labute approximate surface area is 119 Å². The van der Waals surface area contributed by atoms with Crippen molar-refractivity contribution in [2.75, 3.05) is 13.1 Å². The molecule has 0 aliphatic carbocycles. The van der Waals surface area contributed by atoms with E-state index in [9.17, 15) is 23.7 Å². The van der Waals surface area contributed by atoms with Gasteiger partial charge in [-0.15, -0.1) is 0 Å². The van der Waals surface area contributed by atoms with Gasteiger partial charge in [0.05, 0.1) is 4.92 Å². The second-order valence-corrected chi connectivity index (χ2v) is 4.87. The fourth-order valence-electron chi connectivity index (χ4n) is 2.29. The number of benzene rings is 1. The highest BCUT2D eigenvalue weighted by atomic mass is 19.1. The largest absolute Gasteiger partial charge is 0.350 e. The van der Waals surface area contributed by atoms with Crippen molar-refractivity contribution < 1.29 is 18.5 Å². The molecule has 1 aliphatic heterocycles. The third kappa shape index (κ3) is 3.52. The van der Waals surface area contributed by atoms with Crippen molar-refractivity contribution >= 4 is 11.6 Å². The van der Waals surface area contributed by atoms with Gasteiger partial charge < -0.3 is 10.6 Å². The van der Waals surface area contributed by atoms with Crippen LogP contribution in [0.4, 0.5) is 14.5 Å². The zero-order valence-electron chi connectivity index (χ0n) is 11.2. The van der Waals surface area contributed by atoms with Crippen molar-refractivity contribution in [3.63, 3.8) is 0 Å². The summed E-state index contributed by atoms with van der Waals surface area (Å²) < 4.78 is 27.4. The molecule has 2 rings (SSSR count). The maximum absolute atomic E-state index is 13.8. The Morgan fingerprint density at radius 1 is 1.43 bits per heavy atom. The van der Waals surface area contributed by atoms with Gasteiger partial charge in [0.15, 0.2) is 0 Å². The lowest BCUT2D eigenvalue weighted by atomic mass is 10.0. The lowest BCUT2D eigenvalue weighted by Crippen LogP contribution is -2.43. The quantitative estimate of drug-likeness (QED) is 0.655. The second kappa shape index (κ2) is 6.57. The highest BCUT2D eigenvalue weighted by Gasteiger charge is 2.26. The van der Waals surface area contributed by atoms with E-state index in [4.69, 9.17) is 0 Å². The standard InChI is InChI=1S/C13H15F2N3O3/c14-9-4-5-10(18(20)21)12(15)11(9)13(19)17-7-8-3-1-2-6-16-8/h4-5,8,16H,1-3,6-7H2,(H,17,19). The van der Waals surface area contributed by atoms with E-state index in [1.165, 1.54) is 0 Å². The molecule has 6 nitrogen and oxygen atoms in total. The van der Waals surface area contributed by atoms with Gasteiger partial charge in [0.2, 0.25) is 5.82 Å². The Morgan fingerprint density at radius 2 is 2.19 bits per heavy atom. The van der Waals surface area contributed by atoms with E-state index >= 15 is 0 Å². The van der Waals surface area contributed by atoms with Crippen LogP contribution in [0.1, 0.15) is 29.6 Å². The summed E-state index contributed by atoms with van der Waals surface area (Å²) in [6, 6.07) is 1.46. The smallest absolute Gasteiger partial charge is 0.305 e. The summed E-state index contributed by atoms with van der Waals surface area (Å²) in [6.45, 7) is 1.06. The Bertz CT molecular complexity index is 560. The van der Waals surface area contributed by atoms with E-state index in [0.29, 0.717) is 6.07 Å². The van der Waals surface area contributed by atoms with Gasteiger partial charge in [-0.2, -0.15) is 4.39 Å². The number of carbonyl (C=O) groups excluding carboxylic acids is 1. The summed E-state index contributed by atoms with van der Waals surface area (Å²) in [5, 5.41) is 16.2. The molecule has 0 saturated carbocycles. The molecule has 1 saturated heterocycles. The number of hydrogen-bond donors (Lipinski definition) is 2. The number of amides is 1. The van der Waals surface area contributed by atoms with Crippen molar-refractivity contribution in [2.24, 2.45) is 0 Å². The molecule has 1 aliphatic rings. The maximum atomic E-state index is 13.8. The lowest BCUT2D eigenvalue weighted by molar-refractivity contribution is -0.387. The first kappa shape index (κ1) is 15.3. The molecule has 1 heterocycles. The normalized spacial score (nSPS) is 18.3. The van der Waals surface area contributed by atoms with Gasteiger partial charge in [0, 0.05) is 18.7 Å². The van der Waals surface area contributed by atoms with Crippen LogP contribution in [0.3, 0.4) is 0 Å². The van der Waals surface area contributed by atoms with Crippen LogP contribution in [-0.4, -0.2) is 30.0 Å². The average Bonchev–Trinajstić information content (AvgIpc) is 2.46. The molecular weight excluding hydrogens is 284 g/mol. The number of rotatable bonds is 4. The van der Waals surface area contributed by atoms with E-state index in [2.05, 4.69) is 10.6 Å². The first-order valence-electron chi connectivity index (χ1n) is 6.64. The third-order valence-corrected chi connectivity index (χ3v) is 3.42. The van der Waals surface area contributed by atoms with Gasteiger partial charge in [0.1, 0.15) is 11.4 Å². The number of halogens is 2. The van der Waals surface area contributed by atoms with Gasteiger partial charge >= 0.3 is 5.69 Å². The van der Waals surface area contributed by atoms with E-state index < -0.39 is 33.7 Å². The Morgan fingerprint density at radius 3 is 2.81 bits per heavy atom. The molecule has 0 aromatic heterocycles. The SMILES string of the molecule is O=C(NCC1CCCCN1)c1c(F)ccc([N+](=O)[O-])c1F. The predicted octanol–water partition coefficient (Wildman–Crippen LogP) is 1.74. The van der Waals surface area contributed by atoms with E-state index in [0.717, 1.165) is 31.9 Å². The number of nitro groups is 1. The second-order valence-electron chi connectivity index (χ2n) is 4.87. The highest BCUT2D eigenvalue weighted by molar-refractivity contribution is 5.95. The number of carbonyl (C=O) groups is 1. The minimum atomic E-state index is -1.45. The van der Waals surface area contributed by atoms with Crippen molar-refractivity contribution in [1.29, 1.82) is 0 Å². The van der Waals surface area contributed by atoms with Crippen LogP contribution < -0.4 is 10.6 Å². The first-order valence-corrected chi connectivity index (χ1v) is 6.64. The lowest BCUT2D eigenvalue weighted by Gasteiger charge is -2.23. The van der Waals surface area contributed by atoms with Crippen LogP contribution >= 0.6 is 0 Å². The van der Waals surface area contributed by atoms with Crippen molar-refractivity contribution in [3.05, 3.63) is 39.4 Å². The molecule has 21 heavy (non-hydrogen) atoms. The Balaban J connectivity index is 2.11. The van der Waals surface area contributed by atoms with Crippen molar-refractivity contribution in [1.82, 2.24) is 10.6 Å². The Hall–Kier alpha value is -2.09. The molecule has 0 bridgehead atoms. The summed E-state index contributed by atoms with van der Waals surface area (Å²) in [5.41, 5.74) is -1.84. The monoisotopic (exact) mass is 299 g/mol. The van der Waals surface area contributed by atoms with E-state index in [-0.39, 0.29) is 12.6 Å². The summed E-state index contributed by atoms with van der Waals surface area (Å²) in [6.07, 6.45) is 2.94. The van der Waals surface area contributed by atoms with Crippen LogP contribution in [0.5, 0.6) is 0 Å². The molecule has 2 N–H and O–H groups in total. The maximum Gasteiger partial charge on any atom is 0.305 e. The van der Waals surface area contributed by atoms with E-state index in [1.54, 1.807) is 0 Å². The molecular formula is C13H15F2N3O3. The molecule has 1 aromatic carbocycles. The molecule has 1 amide bonds. The predicted molar refractivity (Wildman–Crippen MR) is 71.0 cm³/mol. The van der Waals surface area contributed by atoms with Crippen LogP contribution in [0.25, 0.3) is 0 Å². The number of piperidine rings is 1. The molecule has 1 aromatic rings. The van der Waals surface area contributed by atoms with Crippen LogP contribution in [0, 0.1) is 21.7 Å². The fraction of sp³-hybridized carbons (Fsp3) is 0.462. The van der Waals surface area contributed by atoms with Gasteiger partial charge in [-0.25, -0.2) is 4.39 Å². The highest BCUT2D eigenvalue weighted by Crippen LogP contribution is 2.23. The van der Waals surface area contributed by atoms with Crippen LogP contribution in [0.2, 0.25) is 0 Å². The fourth-order valence-corrected chi connectivity index (χ4v) is 2.29. The van der Waals surface area contributed by atoms with Crippen molar-refractivity contribution in [2.45, 2.75) is 25.3 Å². The number of nitrogens with zero attached hydrogens (tertiary/aromatic N) is 1. The number of nitro benzene ring substituents is 1. The zero-order valence-corrected chi connectivity index (χ0v) is 11.2. The molecule has 8 heteroatoms. The van der Waals surface area contributed by atoms with Gasteiger partial charge in [-0.1, -0.05) is 6.42 Å². The van der Waals surface area contributed by atoms with Gasteiger partial charge in [-0.3, -0.25) is 14.9 Å². The third-order valence-electron chi connectivity index (χ3n) is 3.42. The molecule has 1 fully saturated rings. The first-order chi connectivity index (χ1) is 10.0. The molecule has 0 spiro atoms. The number of nitrogens with one attached hydrogen (secondary N) is 2. The Kier molecular flexibility index (Phi) is 4.79. The topological polar surface area (TPSA) is 84.3 Å². The van der Waals surface area contributed by atoms with E-state index in [1.807, 2.05) is 0 Å². The summed E-state index contributed by atoms with van der Waals surface area (Å²) in [7, 11) is 0. The average molecular weight is 299 g/mol. The molecule has 1 unspecified atom stereocenters.